The Morgan fingerprint density at radius 1 is 0.769 bits per heavy atom. The van der Waals surface area contributed by atoms with Gasteiger partial charge in [-0.3, -0.25) is 9.59 Å². The highest BCUT2D eigenvalue weighted by atomic mass is 16.2. The summed E-state index contributed by atoms with van der Waals surface area (Å²) >= 11 is 0. The van der Waals surface area contributed by atoms with Crippen molar-refractivity contribution >= 4 is 28.9 Å². The molecular weight excluding hydrogens is 328 g/mol. The first-order chi connectivity index (χ1) is 12.5. The van der Waals surface area contributed by atoms with Crippen molar-refractivity contribution in [1.82, 2.24) is 4.98 Å². The smallest absolute Gasteiger partial charge is 0.274 e. The Hall–Kier alpha value is -3.67. The highest BCUT2D eigenvalue weighted by Crippen LogP contribution is 2.13. The zero-order valence-corrected chi connectivity index (χ0v) is 14.2. The van der Waals surface area contributed by atoms with Gasteiger partial charge in [0, 0.05) is 17.1 Å². The number of rotatable bonds is 4. The largest absolute Gasteiger partial charge is 0.399 e. The molecule has 0 aliphatic heterocycles. The van der Waals surface area contributed by atoms with E-state index in [9.17, 15) is 9.59 Å². The Morgan fingerprint density at radius 3 is 1.73 bits per heavy atom. The van der Waals surface area contributed by atoms with E-state index in [4.69, 9.17) is 5.73 Å². The Labute approximate surface area is 151 Å². The summed E-state index contributed by atoms with van der Waals surface area (Å²) in [4.78, 5) is 28.8. The minimum Gasteiger partial charge on any atom is -0.399 e. The predicted molar refractivity (Wildman–Crippen MR) is 102 cm³/mol. The molecular formula is C20H18N4O2. The molecule has 0 saturated carbocycles. The molecule has 0 atom stereocenters. The molecule has 0 saturated heterocycles. The van der Waals surface area contributed by atoms with Crippen molar-refractivity contribution in [2.75, 3.05) is 16.4 Å². The lowest BCUT2D eigenvalue weighted by Crippen LogP contribution is -2.18. The van der Waals surface area contributed by atoms with Crippen LogP contribution in [0.15, 0.2) is 66.7 Å². The monoisotopic (exact) mass is 346 g/mol. The second-order valence-electron chi connectivity index (χ2n) is 5.80. The third-order valence-electron chi connectivity index (χ3n) is 3.69. The summed E-state index contributed by atoms with van der Waals surface area (Å²) in [5, 5.41) is 5.48. The van der Waals surface area contributed by atoms with Gasteiger partial charge in [-0.15, -0.1) is 0 Å². The third kappa shape index (κ3) is 4.24. The normalized spacial score (nSPS) is 10.2. The molecule has 1 heterocycles. The number of anilines is 3. The van der Waals surface area contributed by atoms with Gasteiger partial charge in [-0.1, -0.05) is 23.8 Å². The number of amides is 2. The van der Waals surface area contributed by atoms with E-state index in [1.54, 1.807) is 42.5 Å². The minimum atomic E-state index is -0.403. The number of nitrogens with one attached hydrogen (secondary N) is 2. The molecule has 0 spiro atoms. The Morgan fingerprint density at radius 2 is 1.23 bits per heavy atom. The van der Waals surface area contributed by atoms with Gasteiger partial charge in [0.2, 0.25) is 0 Å². The second kappa shape index (κ2) is 7.48. The fraction of sp³-hybridized carbons (Fsp3) is 0.0500. The molecule has 6 nitrogen and oxygen atoms in total. The molecule has 130 valence electrons. The highest BCUT2D eigenvalue weighted by Gasteiger charge is 2.13. The Kier molecular flexibility index (Phi) is 4.94. The third-order valence-corrected chi connectivity index (χ3v) is 3.69. The second-order valence-corrected chi connectivity index (χ2v) is 5.80. The van der Waals surface area contributed by atoms with Crippen molar-refractivity contribution in [2.24, 2.45) is 0 Å². The Bertz CT molecular complexity index is 860. The van der Waals surface area contributed by atoms with Crippen LogP contribution in [0, 0.1) is 6.92 Å². The number of aryl methyl sites for hydroxylation is 1. The average Bonchev–Trinajstić information content (AvgIpc) is 2.65. The van der Waals surface area contributed by atoms with Gasteiger partial charge in [0.1, 0.15) is 11.4 Å². The van der Waals surface area contributed by atoms with Crippen molar-refractivity contribution in [3.63, 3.8) is 0 Å². The van der Waals surface area contributed by atoms with Crippen LogP contribution in [0.4, 0.5) is 17.1 Å². The van der Waals surface area contributed by atoms with Crippen LogP contribution in [-0.4, -0.2) is 16.8 Å². The summed E-state index contributed by atoms with van der Waals surface area (Å²) in [6, 6.07) is 18.9. The van der Waals surface area contributed by atoms with Crippen molar-refractivity contribution < 1.29 is 9.59 Å². The summed E-state index contributed by atoms with van der Waals surface area (Å²) in [7, 11) is 0. The van der Waals surface area contributed by atoms with Gasteiger partial charge < -0.3 is 16.4 Å². The number of nitrogens with zero attached hydrogens (tertiary/aromatic N) is 1. The fourth-order valence-corrected chi connectivity index (χ4v) is 2.28. The number of hydrogen-bond acceptors (Lipinski definition) is 4. The lowest BCUT2D eigenvalue weighted by atomic mass is 10.2. The standard InChI is InChI=1S/C20H18N4O2/c1-13-5-9-15(10-6-13)22-19(25)17-3-2-4-18(24-17)20(26)23-16-11-7-14(21)8-12-16/h2-12H,21H2,1H3,(H,22,25)(H,23,26). The summed E-state index contributed by atoms with van der Waals surface area (Å²) in [6.07, 6.45) is 0. The molecule has 0 aliphatic rings. The van der Waals surface area contributed by atoms with E-state index in [-0.39, 0.29) is 17.3 Å². The number of nitrogen functional groups attached to an aromatic ring is 1. The SMILES string of the molecule is Cc1ccc(NC(=O)c2cccc(C(=O)Nc3ccc(N)cc3)n2)cc1. The topological polar surface area (TPSA) is 97.1 Å². The van der Waals surface area contributed by atoms with E-state index in [1.165, 1.54) is 0 Å². The summed E-state index contributed by atoms with van der Waals surface area (Å²) in [6.45, 7) is 1.97. The molecule has 26 heavy (non-hydrogen) atoms. The quantitative estimate of drug-likeness (QED) is 0.630. The number of benzene rings is 2. The molecule has 0 fully saturated rings. The summed E-state index contributed by atoms with van der Waals surface area (Å²) in [5.74, 6) is -0.782. The molecule has 4 N–H and O–H groups in total. The molecule has 0 radical (unpaired) electrons. The van der Waals surface area contributed by atoms with E-state index in [0.717, 1.165) is 5.56 Å². The number of hydrogen-bond donors (Lipinski definition) is 3. The first-order valence-electron chi connectivity index (χ1n) is 8.03. The van der Waals surface area contributed by atoms with Crippen LogP contribution >= 0.6 is 0 Å². The average molecular weight is 346 g/mol. The molecule has 2 aromatic carbocycles. The molecule has 6 heteroatoms. The highest BCUT2D eigenvalue weighted by molar-refractivity contribution is 6.06. The van der Waals surface area contributed by atoms with Crippen LogP contribution in [0.2, 0.25) is 0 Å². The zero-order valence-electron chi connectivity index (χ0n) is 14.2. The first-order valence-corrected chi connectivity index (χ1v) is 8.03. The van der Waals surface area contributed by atoms with Gasteiger partial charge in [-0.25, -0.2) is 4.98 Å². The molecule has 3 rings (SSSR count). The van der Waals surface area contributed by atoms with E-state index >= 15 is 0 Å². The maximum atomic E-state index is 12.4. The predicted octanol–water partition coefficient (Wildman–Crippen LogP) is 3.48. The van der Waals surface area contributed by atoms with Crippen molar-refractivity contribution in [3.8, 4) is 0 Å². The van der Waals surface area contributed by atoms with Crippen LogP contribution in [0.3, 0.4) is 0 Å². The minimum absolute atomic E-state index is 0.151. The van der Waals surface area contributed by atoms with Crippen LogP contribution in [-0.2, 0) is 0 Å². The van der Waals surface area contributed by atoms with Gasteiger partial charge in [-0.05, 0) is 55.5 Å². The molecule has 3 aromatic rings. The Balaban J connectivity index is 1.72. The fourth-order valence-electron chi connectivity index (χ4n) is 2.28. The maximum absolute atomic E-state index is 12.4. The van der Waals surface area contributed by atoms with Crippen LogP contribution < -0.4 is 16.4 Å². The van der Waals surface area contributed by atoms with Crippen molar-refractivity contribution in [3.05, 3.63) is 83.7 Å². The summed E-state index contributed by atoms with van der Waals surface area (Å²) < 4.78 is 0. The summed E-state index contributed by atoms with van der Waals surface area (Å²) in [5.41, 5.74) is 8.91. The maximum Gasteiger partial charge on any atom is 0.274 e. The van der Waals surface area contributed by atoms with Gasteiger partial charge in [0.15, 0.2) is 0 Å². The molecule has 0 bridgehead atoms. The van der Waals surface area contributed by atoms with Gasteiger partial charge in [-0.2, -0.15) is 0 Å². The molecule has 0 unspecified atom stereocenters. The van der Waals surface area contributed by atoms with E-state index < -0.39 is 5.91 Å². The van der Waals surface area contributed by atoms with E-state index in [0.29, 0.717) is 17.1 Å². The number of aromatic nitrogens is 1. The number of carbonyl (C=O) groups is 2. The van der Waals surface area contributed by atoms with Crippen molar-refractivity contribution in [1.29, 1.82) is 0 Å². The zero-order chi connectivity index (χ0) is 18.5. The van der Waals surface area contributed by atoms with E-state index in [2.05, 4.69) is 15.6 Å². The van der Waals surface area contributed by atoms with Crippen molar-refractivity contribution in [2.45, 2.75) is 6.92 Å². The van der Waals surface area contributed by atoms with Gasteiger partial charge >= 0.3 is 0 Å². The lowest BCUT2D eigenvalue weighted by Gasteiger charge is -2.08. The molecule has 0 aliphatic carbocycles. The van der Waals surface area contributed by atoms with Gasteiger partial charge in [0.25, 0.3) is 11.8 Å². The van der Waals surface area contributed by atoms with Crippen LogP contribution in [0.1, 0.15) is 26.5 Å². The number of carbonyl (C=O) groups excluding carboxylic acids is 2. The number of pyridine rings is 1. The van der Waals surface area contributed by atoms with Crippen LogP contribution in [0.5, 0.6) is 0 Å². The number of nitrogens with two attached hydrogens (primary N) is 1. The first kappa shape index (κ1) is 17.2. The molecule has 1 aromatic heterocycles. The van der Waals surface area contributed by atoms with Crippen LogP contribution in [0.25, 0.3) is 0 Å². The van der Waals surface area contributed by atoms with E-state index in [1.807, 2.05) is 31.2 Å². The molecule has 2 amide bonds. The van der Waals surface area contributed by atoms with Gasteiger partial charge in [0.05, 0.1) is 0 Å². The lowest BCUT2D eigenvalue weighted by molar-refractivity contribution is 0.101.